The Morgan fingerprint density at radius 3 is 2.61 bits per heavy atom. The molecule has 9 heteroatoms. The number of nitrogens with zero attached hydrogens (tertiary/aromatic N) is 6. The van der Waals surface area contributed by atoms with Gasteiger partial charge in [-0.05, 0) is 38.1 Å². The van der Waals surface area contributed by atoms with Crippen molar-refractivity contribution in [3.8, 4) is 22.0 Å². The van der Waals surface area contributed by atoms with Crippen molar-refractivity contribution in [3.63, 3.8) is 0 Å². The summed E-state index contributed by atoms with van der Waals surface area (Å²) in [6.45, 7) is 4.84. The fraction of sp³-hybridized carbons (Fsp3) is 0.211. The molecule has 0 aliphatic heterocycles. The largest absolute Gasteiger partial charge is 0.302 e. The molecular formula is C19H17FN6S2. The van der Waals surface area contributed by atoms with E-state index in [4.69, 9.17) is 0 Å². The molecule has 0 amide bonds. The number of aromatic nitrogens is 6. The van der Waals surface area contributed by atoms with Crippen LogP contribution in [-0.4, -0.2) is 29.9 Å². The quantitative estimate of drug-likeness (QED) is 0.421. The predicted octanol–water partition coefficient (Wildman–Crippen LogP) is 4.87. The molecule has 3 aromatic heterocycles. The lowest BCUT2D eigenvalue weighted by Gasteiger charge is -2.09. The topological polar surface area (TPSA) is 69.4 Å². The van der Waals surface area contributed by atoms with E-state index < -0.39 is 0 Å². The van der Waals surface area contributed by atoms with Gasteiger partial charge in [0.25, 0.3) is 0 Å². The van der Waals surface area contributed by atoms with Gasteiger partial charge in [0.1, 0.15) is 10.8 Å². The Bertz CT molecular complexity index is 1080. The summed E-state index contributed by atoms with van der Waals surface area (Å²) in [6, 6.07) is 10.4. The van der Waals surface area contributed by atoms with Gasteiger partial charge in [-0.15, -0.1) is 20.4 Å². The zero-order valence-electron chi connectivity index (χ0n) is 15.3. The van der Waals surface area contributed by atoms with Gasteiger partial charge < -0.3 is 4.57 Å². The summed E-state index contributed by atoms with van der Waals surface area (Å²) in [4.78, 5) is 4.05. The molecule has 1 aromatic carbocycles. The molecule has 1 atom stereocenters. The molecule has 0 aliphatic rings. The molecule has 142 valence electrons. The van der Waals surface area contributed by atoms with Crippen LogP contribution in [0.3, 0.4) is 0 Å². The molecule has 1 unspecified atom stereocenters. The average Bonchev–Trinajstić information content (AvgIpc) is 3.36. The third-order valence-electron chi connectivity index (χ3n) is 4.15. The van der Waals surface area contributed by atoms with Crippen LogP contribution in [0.15, 0.2) is 53.9 Å². The van der Waals surface area contributed by atoms with E-state index >= 15 is 0 Å². The summed E-state index contributed by atoms with van der Waals surface area (Å²) in [5, 5.41) is 19.4. The van der Waals surface area contributed by atoms with Gasteiger partial charge >= 0.3 is 0 Å². The van der Waals surface area contributed by atoms with Crippen LogP contribution in [0.1, 0.15) is 24.1 Å². The average molecular weight is 413 g/mol. The van der Waals surface area contributed by atoms with Crippen molar-refractivity contribution in [2.24, 2.45) is 0 Å². The Hall–Kier alpha value is -2.65. The van der Waals surface area contributed by atoms with E-state index in [9.17, 15) is 4.39 Å². The summed E-state index contributed by atoms with van der Waals surface area (Å²) in [5.41, 5.74) is 1.45. The SMILES string of the molecule is CCn1c(SC(C)c2nnc(-c3ccccc3F)s2)nnc1-c1ccncc1. The van der Waals surface area contributed by atoms with Crippen molar-refractivity contribution >= 4 is 23.1 Å². The lowest BCUT2D eigenvalue weighted by atomic mass is 10.2. The molecule has 3 heterocycles. The molecule has 0 saturated heterocycles. The summed E-state index contributed by atoms with van der Waals surface area (Å²) in [7, 11) is 0. The van der Waals surface area contributed by atoms with E-state index in [2.05, 4.69) is 36.9 Å². The lowest BCUT2D eigenvalue weighted by Crippen LogP contribution is -2.01. The fourth-order valence-corrected chi connectivity index (χ4v) is 4.71. The number of hydrogen-bond acceptors (Lipinski definition) is 7. The summed E-state index contributed by atoms with van der Waals surface area (Å²) in [5.74, 6) is 0.516. The van der Waals surface area contributed by atoms with Crippen molar-refractivity contribution < 1.29 is 4.39 Å². The predicted molar refractivity (Wildman–Crippen MR) is 109 cm³/mol. The second kappa shape index (κ2) is 8.15. The minimum absolute atomic E-state index is 0.0119. The number of pyridine rings is 1. The molecule has 0 radical (unpaired) electrons. The second-order valence-electron chi connectivity index (χ2n) is 5.97. The number of rotatable bonds is 6. The number of benzene rings is 1. The minimum Gasteiger partial charge on any atom is -0.302 e. The first-order valence-corrected chi connectivity index (χ1v) is 10.5. The number of hydrogen-bond donors (Lipinski definition) is 0. The van der Waals surface area contributed by atoms with E-state index in [1.54, 1.807) is 42.4 Å². The zero-order chi connectivity index (χ0) is 19.5. The summed E-state index contributed by atoms with van der Waals surface area (Å²) >= 11 is 2.96. The van der Waals surface area contributed by atoms with Crippen LogP contribution in [0, 0.1) is 5.82 Å². The van der Waals surface area contributed by atoms with Crippen molar-refractivity contribution in [2.75, 3.05) is 0 Å². The first-order chi connectivity index (χ1) is 13.7. The molecule has 6 nitrogen and oxygen atoms in total. The molecule has 4 rings (SSSR count). The van der Waals surface area contributed by atoms with Gasteiger partial charge in [0.05, 0.1) is 5.25 Å². The zero-order valence-corrected chi connectivity index (χ0v) is 16.9. The van der Waals surface area contributed by atoms with Crippen LogP contribution in [0.25, 0.3) is 22.0 Å². The van der Waals surface area contributed by atoms with Crippen molar-refractivity contribution in [1.82, 2.24) is 29.9 Å². The molecule has 0 bridgehead atoms. The maximum atomic E-state index is 14.0. The van der Waals surface area contributed by atoms with Crippen molar-refractivity contribution in [1.29, 1.82) is 0 Å². The van der Waals surface area contributed by atoms with Crippen LogP contribution in [0.5, 0.6) is 0 Å². The first-order valence-electron chi connectivity index (χ1n) is 8.76. The molecule has 0 fully saturated rings. The van der Waals surface area contributed by atoms with Crippen molar-refractivity contribution in [3.05, 3.63) is 59.6 Å². The molecule has 4 aromatic rings. The van der Waals surface area contributed by atoms with Gasteiger partial charge in [-0.2, -0.15) is 0 Å². The Balaban J connectivity index is 1.57. The Kier molecular flexibility index (Phi) is 5.45. The smallest absolute Gasteiger partial charge is 0.192 e. The van der Waals surface area contributed by atoms with Crippen LogP contribution < -0.4 is 0 Å². The Morgan fingerprint density at radius 2 is 1.86 bits per heavy atom. The molecule has 0 spiro atoms. The third-order valence-corrected chi connectivity index (χ3v) is 6.52. The van der Waals surface area contributed by atoms with Gasteiger partial charge in [0.15, 0.2) is 16.0 Å². The highest BCUT2D eigenvalue weighted by Crippen LogP contribution is 2.38. The lowest BCUT2D eigenvalue weighted by molar-refractivity contribution is 0.631. The van der Waals surface area contributed by atoms with Crippen LogP contribution >= 0.6 is 23.1 Å². The van der Waals surface area contributed by atoms with Gasteiger partial charge in [-0.25, -0.2) is 4.39 Å². The van der Waals surface area contributed by atoms with Crippen LogP contribution in [0.2, 0.25) is 0 Å². The second-order valence-corrected chi connectivity index (χ2v) is 8.29. The molecule has 0 N–H and O–H groups in total. The summed E-state index contributed by atoms with van der Waals surface area (Å²) in [6.07, 6.45) is 3.48. The third kappa shape index (κ3) is 3.67. The van der Waals surface area contributed by atoms with E-state index in [1.165, 1.54) is 17.4 Å². The standard InChI is InChI=1S/C19H17FN6S2/c1-3-26-16(13-8-10-21-11-9-13)22-25-19(26)27-12(2)17-23-24-18(28-17)14-6-4-5-7-15(14)20/h4-12H,3H2,1-2H3. The molecule has 0 aliphatic carbocycles. The van der Waals surface area contributed by atoms with Gasteiger partial charge in [0, 0.05) is 30.1 Å². The maximum absolute atomic E-state index is 14.0. The van der Waals surface area contributed by atoms with Gasteiger partial charge in [0.2, 0.25) is 0 Å². The van der Waals surface area contributed by atoms with Gasteiger partial charge in [-0.1, -0.05) is 35.2 Å². The van der Waals surface area contributed by atoms with Gasteiger partial charge in [-0.3, -0.25) is 4.98 Å². The molecule has 0 saturated carbocycles. The number of halogens is 1. The highest BCUT2D eigenvalue weighted by atomic mass is 32.2. The highest BCUT2D eigenvalue weighted by Gasteiger charge is 2.20. The van der Waals surface area contributed by atoms with E-state index in [0.29, 0.717) is 10.6 Å². The van der Waals surface area contributed by atoms with E-state index in [1.807, 2.05) is 19.1 Å². The fourth-order valence-electron chi connectivity index (χ4n) is 2.73. The first kappa shape index (κ1) is 18.7. The normalized spacial score (nSPS) is 12.2. The highest BCUT2D eigenvalue weighted by molar-refractivity contribution is 7.99. The molecular weight excluding hydrogens is 395 g/mol. The number of thioether (sulfide) groups is 1. The molecule has 28 heavy (non-hydrogen) atoms. The minimum atomic E-state index is -0.293. The monoisotopic (exact) mass is 412 g/mol. The van der Waals surface area contributed by atoms with Crippen LogP contribution in [0.4, 0.5) is 4.39 Å². The van der Waals surface area contributed by atoms with E-state index in [0.717, 1.165) is 28.1 Å². The van der Waals surface area contributed by atoms with E-state index in [-0.39, 0.29) is 11.1 Å². The Morgan fingerprint density at radius 1 is 1.07 bits per heavy atom. The van der Waals surface area contributed by atoms with Crippen molar-refractivity contribution in [2.45, 2.75) is 30.8 Å². The van der Waals surface area contributed by atoms with Crippen LogP contribution in [-0.2, 0) is 6.54 Å². The Labute approximate surface area is 169 Å². The summed E-state index contributed by atoms with van der Waals surface area (Å²) < 4.78 is 16.1. The maximum Gasteiger partial charge on any atom is 0.192 e.